The van der Waals surface area contributed by atoms with E-state index in [1.54, 1.807) is 0 Å². The molecule has 2 rings (SSSR count). The Labute approximate surface area is 101 Å². The van der Waals surface area contributed by atoms with Gasteiger partial charge >= 0.3 is 0 Å². The highest BCUT2D eigenvalue weighted by atomic mass is 16.3. The summed E-state index contributed by atoms with van der Waals surface area (Å²) >= 11 is 0. The van der Waals surface area contributed by atoms with Crippen molar-refractivity contribution in [3.8, 4) is 0 Å². The molecule has 94 valence electrons. The summed E-state index contributed by atoms with van der Waals surface area (Å²) in [4.78, 5) is 0. The van der Waals surface area contributed by atoms with Crippen molar-refractivity contribution in [2.24, 2.45) is 11.8 Å². The average molecular weight is 224 g/mol. The molecular formula is C15H28O. The van der Waals surface area contributed by atoms with Crippen LogP contribution in [0.5, 0.6) is 0 Å². The Morgan fingerprint density at radius 2 is 1.69 bits per heavy atom. The molecule has 1 nitrogen and oxygen atoms in total. The molecule has 0 aromatic heterocycles. The largest absolute Gasteiger partial charge is 0.390 e. The van der Waals surface area contributed by atoms with E-state index in [4.69, 9.17) is 0 Å². The summed E-state index contributed by atoms with van der Waals surface area (Å²) in [6, 6.07) is 0. The first-order valence-corrected chi connectivity index (χ1v) is 7.47. The minimum atomic E-state index is -0.287. The zero-order valence-corrected chi connectivity index (χ0v) is 10.9. The second kappa shape index (κ2) is 5.53. The first kappa shape index (κ1) is 12.4. The van der Waals surface area contributed by atoms with Crippen LogP contribution in [0.1, 0.15) is 77.6 Å². The van der Waals surface area contributed by atoms with E-state index in [-0.39, 0.29) is 5.60 Å². The van der Waals surface area contributed by atoms with Gasteiger partial charge in [0.2, 0.25) is 0 Å². The quantitative estimate of drug-likeness (QED) is 0.694. The van der Waals surface area contributed by atoms with Gasteiger partial charge in [0, 0.05) is 0 Å². The molecule has 2 aliphatic rings. The maximum Gasteiger partial charge on any atom is 0.0675 e. The van der Waals surface area contributed by atoms with E-state index in [1.807, 2.05) is 0 Å². The summed E-state index contributed by atoms with van der Waals surface area (Å²) in [6.45, 7) is 2.30. The minimum Gasteiger partial charge on any atom is -0.390 e. The third-order valence-corrected chi connectivity index (χ3v) is 5.15. The number of hydrogen-bond acceptors (Lipinski definition) is 1. The van der Waals surface area contributed by atoms with Crippen molar-refractivity contribution in [1.29, 1.82) is 0 Å². The van der Waals surface area contributed by atoms with Gasteiger partial charge in [-0.2, -0.15) is 0 Å². The van der Waals surface area contributed by atoms with Gasteiger partial charge in [-0.05, 0) is 43.9 Å². The normalized spacial score (nSPS) is 38.2. The van der Waals surface area contributed by atoms with E-state index >= 15 is 0 Å². The van der Waals surface area contributed by atoms with Gasteiger partial charge in [0.15, 0.2) is 0 Å². The highest BCUT2D eigenvalue weighted by molar-refractivity contribution is 4.90. The fourth-order valence-electron chi connectivity index (χ4n) is 3.88. The third-order valence-electron chi connectivity index (χ3n) is 5.15. The van der Waals surface area contributed by atoms with Gasteiger partial charge < -0.3 is 5.11 Å². The first-order chi connectivity index (χ1) is 7.74. The Balaban J connectivity index is 1.94. The summed E-state index contributed by atoms with van der Waals surface area (Å²) in [6.07, 6.45) is 14.0. The topological polar surface area (TPSA) is 20.2 Å². The van der Waals surface area contributed by atoms with Crippen LogP contribution in [0.2, 0.25) is 0 Å². The molecule has 2 aliphatic carbocycles. The van der Waals surface area contributed by atoms with Crippen LogP contribution in [-0.2, 0) is 0 Å². The molecule has 2 fully saturated rings. The van der Waals surface area contributed by atoms with Crippen LogP contribution in [0.3, 0.4) is 0 Å². The van der Waals surface area contributed by atoms with E-state index in [0.717, 1.165) is 18.8 Å². The van der Waals surface area contributed by atoms with Crippen molar-refractivity contribution in [1.82, 2.24) is 0 Å². The standard InChI is InChI=1S/C15H28O/c1-2-13-7-6-11-15(16,12-10-13)14-8-4-3-5-9-14/h13-14,16H,2-12H2,1H3. The molecule has 16 heavy (non-hydrogen) atoms. The zero-order valence-electron chi connectivity index (χ0n) is 10.9. The molecule has 0 heterocycles. The van der Waals surface area contributed by atoms with Gasteiger partial charge in [-0.15, -0.1) is 0 Å². The average Bonchev–Trinajstić information content (AvgIpc) is 2.53. The van der Waals surface area contributed by atoms with Gasteiger partial charge in [-0.3, -0.25) is 0 Å². The van der Waals surface area contributed by atoms with Crippen molar-refractivity contribution in [2.45, 2.75) is 83.2 Å². The molecule has 0 aromatic carbocycles. The van der Waals surface area contributed by atoms with Crippen LogP contribution in [0.4, 0.5) is 0 Å². The SMILES string of the molecule is CCC1CCCC(O)(C2CCCCC2)CC1. The summed E-state index contributed by atoms with van der Waals surface area (Å²) < 4.78 is 0. The minimum absolute atomic E-state index is 0.287. The van der Waals surface area contributed by atoms with Gasteiger partial charge in [0.1, 0.15) is 0 Å². The van der Waals surface area contributed by atoms with Crippen LogP contribution in [-0.4, -0.2) is 10.7 Å². The smallest absolute Gasteiger partial charge is 0.0675 e. The van der Waals surface area contributed by atoms with Crippen molar-refractivity contribution in [3.05, 3.63) is 0 Å². The lowest BCUT2D eigenvalue weighted by Crippen LogP contribution is -2.38. The Hall–Kier alpha value is -0.0400. The van der Waals surface area contributed by atoms with Gasteiger partial charge in [-0.1, -0.05) is 45.4 Å². The van der Waals surface area contributed by atoms with Crippen LogP contribution in [0.25, 0.3) is 0 Å². The van der Waals surface area contributed by atoms with Crippen molar-refractivity contribution < 1.29 is 5.11 Å². The molecule has 0 amide bonds. The molecule has 0 bridgehead atoms. The maximum atomic E-state index is 10.9. The van der Waals surface area contributed by atoms with Crippen molar-refractivity contribution >= 4 is 0 Å². The number of rotatable bonds is 2. The molecule has 0 radical (unpaired) electrons. The van der Waals surface area contributed by atoms with E-state index < -0.39 is 0 Å². The fraction of sp³-hybridized carbons (Fsp3) is 1.00. The van der Waals surface area contributed by atoms with E-state index in [0.29, 0.717) is 5.92 Å². The third kappa shape index (κ3) is 2.80. The molecule has 0 aliphatic heterocycles. The first-order valence-electron chi connectivity index (χ1n) is 7.47. The predicted molar refractivity (Wildman–Crippen MR) is 68.4 cm³/mol. The maximum absolute atomic E-state index is 10.9. The zero-order chi connectivity index (χ0) is 11.4. The highest BCUT2D eigenvalue weighted by Gasteiger charge is 2.38. The molecule has 1 N–H and O–H groups in total. The summed E-state index contributed by atoms with van der Waals surface area (Å²) in [5.74, 6) is 1.51. The fourth-order valence-corrected chi connectivity index (χ4v) is 3.88. The predicted octanol–water partition coefficient (Wildman–Crippen LogP) is 4.29. The molecule has 2 atom stereocenters. The number of aliphatic hydroxyl groups is 1. The summed E-state index contributed by atoms with van der Waals surface area (Å²) in [5, 5.41) is 10.9. The van der Waals surface area contributed by atoms with Gasteiger partial charge in [-0.25, -0.2) is 0 Å². The van der Waals surface area contributed by atoms with Crippen molar-refractivity contribution in [3.63, 3.8) is 0 Å². The number of hydrogen-bond donors (Lipinski definition) is 1. The van der Waals surface area contributed by atoms with Crippen molar-refractivity contribution in [2.75, 3.05) is 0 Å². The van der Waals surface area contributed by atoms with E-state index in [1.165, 1.54) is 57.8 Å². The van der Waals surface area contributed by atoms with E-state index in [2.05, 4.69) is 6.92 Å². The lowest BCUT2D eigenvalue weighted by molar-refractivity contribution is -0.0460. The molecule has 2 saturated carbocycles. The molecule has 0 aromatic rings. The van der Waals surface area contributed by atoms with E-state index in [9.17, 15) is 5.11 Å². The lowest BCUT2D eigenvalue weighted by atomic mass is 9.73. The molecule has 0 saturated heterocycles. The monoisotopic (exact) mass is 224 g/mol. The van der Waals surface area contributed by atoms with Crippen LogP contribution >= 0.6 is 0 Å². The van der Waals surface area contributed by atoms with Gasteiger partial charge in [0.05, 0.1) is 5.60 Å². The second-order valence-electron chi connectivity index (χ2n) is 6.14. The molecular weight excluding hydrogens is 196 g/mol. The Morgan fingerprint density at radius 3 is 2.38 bits per heavy atom. The van der Waals surface area contributed by atoms with Crippen LogP contribution < -0.4 is 0 Å². The van der Waals surface area contributed by atoms with Crippen LogP contribution in [0, 0.1) is 11.8 Å². The van der Waals surface area contributed by atoms with Gasteiger partial charge in [0.25, 0.3) is 0 Å². The Morgan fingerprint density at radius 1 is 0.938 bits per heavy atom. The second-order valence-corrected chi connectivity index (χ2v) is 6.14. The Bertz CT molecular complexity index is 207. The molecule has 2 unspecified atom stereocenters. The lowest BCUT2D eigenvalue weighted by Gasteiger charge is -2.38. The Kier molecular flexibility index (Phi) is 4.29. The summed E-state index contributed by atoms with van der Waals surface area (Å²) in [5.41, 5.74) is -0.287. The summed E-state index contributed by atoms with van der Waals surface area (Å²) in [7, 11) is 0. The highest BCUT2D eigenvalue weighted by Crippen LogP contribution is 2.42. The molecule has 0 spiro atoms. The van der Waals surface area contributed by atoms with Crippen LogP contribution in [0.15, 0.2) is 0 Å². The molecule has 1 heteroatoms.